The lowest BCUT2D eigenvalue weighted by Crippen LogP contribution is -2.43. The van der Waals surface area contributed by atoms with E-state index in [2.05, 4.69) is 10.6 Å². The molecule has 0 fully saturated rings. The maximum atomic E-state index is 11.6. The topological polar surface area (TPSA) is 122 Å². The van der Waals surface area contributed by atoms with E-state index in [9.17, 15) is 14.4 Å². The van der Waals surface area contributed by atoms with Gasteiger partial charge < -0.3 is 21.5 Å². The van der Waals surface area contributed by atoms with Gasteiger partial charge in [0, 0.05) is 18.9 Å². The Morgan fingerprint density at radius 2 is 1.94 bits per heavy atom. The number of carbonyl (C=O) groups excluding carboxylic acids is 2. The molecule has 7 heteroatoms. The van der Waals surface area contributed by atoms with Crippen molar-refractivity contribution in [1.29, 1.82) is 0 Å². The van der Waals surface area contributed by atoms with E-state index in [1.54, 1.807) is 0 Å². The molecule has 104 valence electrons. The second-order valence-corrected chi connectivity index (χ2v) is 4.13. The van der Waals surface area contributed by atoms with Crippen LogP contribution >= 0.6 is 0 Å². The fourth-order valence-electron chi connectivity index (χ4n) is 1.50. The monoisotopic (exact) mass is 259 g/mol. The van der Waals surface area contributed by atoms with E-state index in [1.165, 1.54) is 0 Å². The van der Waals surface area contributed by atoms with E-state index in [0.29, 0.717) is 0 Å². The van der Waals surface area contributed by atoms with Gasteiger partial charge in [0.2, 0.25) is 11.8 Å². The summed E-state index contributed by atoms with van der Waals surface area (Å²) in [4.78, 5) is 33.0. The minimum absolute atomic E-state index is 0.00595. The van der Waals surface area contributed by atoms with Gasteiger partial charge in [0.1, 0.15) is 6.04 Å². The van der Waals surface area contributed by atoms with Crippen LogP contribution in [0.15, 0.2) is 0 Å². The van der Waals surface area contributed by atoms with Crippen LogP contribution in [-0.2, 0) is 14.4 Å². The molecule has 0 spiro atoms. The van der Waals surface area contributed by atoms with Gasteiger partial charge >= 0.3 is 5.97 Å². The molecule has 2 amide bonds. The van der Waals surface area contributed by atoms with Gasteiger partial charge in [-0.05, 0) is 19.9 Å². The molecule has 0 radical (unpaired) electrons. The predicted octanol–water partition coefficient (Wildman–Crippen LogP) is -0.791. The highest BCUT2D eigenvalue weighted by Gasteiger charge is 2.21. The molecule has 0 aliphatic heterocycles. The number of primary amides is 1. The predicted molar refractivity (Wildman–Crippen MR) is 65.8 cm³/mol. The summed E-state index contributed by atoms with van der Waals surface area (Å²) in [5, 5.41) is 14.3. The van der Waals surface area contributed by atoms with Gasteiger partial charge in [-0.3, -0.25) is 9.59 Å². The average Bonchev–Trinajstić information content (AvgIpc) is 2.23. The number of carbonyl (C=O) groups is 3. The van der Waals surface area contributed by atoms with Crippen molar-refractivity contribution in [2.45, 2.75) is 45.2 Å². The number of hydrogen-bond acceptors (Lipinski definition) is 4. The molecular formula is C11H21N3O4. The molecule has 0 aromatic carbocycles. The third-order valence-electron chi connectivity index (χ3n) is 2.36. The number of nitrogens with one attached hydrogen (secondary N) is 2. The second kappa shape index (κ2) is 8.46. The number of hydrogen-bond donors (Lipinski definition) is 4. The highest BCUT2D eigenvalue weighted by atomic mass is 16.4. The van der Waals surface area contributed by atoms with Gasteiger partial charge in [0.15, 0.2) is 0 Å². The zero-order chi connectivity index (χ0) is 14.1. The normalized spacial score (nSPS) is 13.7. The molecule has 2 atom stereocenters. The Bertz CT molecular complexity index is 307. The van der Waals surface area contributed by atoms with Gasteiger partial charge in [-0.25, -0.2) is 4.79 Å². The summed E-state index contributed by atoms with van der Waals surface area (Å²) >= 11 is 0. The summed E-state index contributed by atoms with van der Waals surface area (Å²) in [7, 11) is 0. The fraction of sp³-hybridized carbons (Fsp3) is 0.727. The minimum Gasteiger partial charge on any atom is -0.480 e. The van der Waals surface area contributed by atoms with Crippen LogP contribution in [0.1, 0.15) is 33.1 Å². The molecule has 18 heavy (non-hydrogen) atoms. The lowest BCUT2D eigenvalue weighted by molar-refractivity contribution is -0.142. The highest BCUT2D eigenvalue weighted by Crippen LogP contribution is 1.99. The standard InChI is InChI=1S/C11H21N3O4/c1-3-13-7(2)6-10(16)14-8(11(17)18)4-5-9(12)15/h7-8,13H,3-6H2,1-2H3,(H2,12,15)(H,14,16)(H,17,18). The summed E-state index contributed by atoms with van der Waals surface area (Å²) in [6.45, 7) is 4.49. The third-order valence-corrected chi connectivity index (χ3v) is 2.36. The first-order valence-corrected chi connectivity index (χ1v) is 5.90. The van der Waals surface area contributed by atoms with Gasteiger partial charge in [-0.1, -0.05) is 6.92 Å². The molecule has 0 aliphatic rings. The van der Waals surface area contributed by atoms with Crippen LogP contribution < -0.4 is 16.4 Å². The average molecular weight is 259 g/mol. The van der Waals surface area contributed by atoms with E-state index >= 15 is 0 Å². The molecule has 5 N–H and O–H groups in total. The Kier molecular flexibility index (Phi) is 7.69. The SMILES string of the molecule is CCNC(C)CC(=O)NC(CCC(N)=O)C(=O)O. The van der Waals surface area contributed by atoms with Crippen molar-refractivity contribution in [2.75, 3.05) is 6.54 Å². The molecule has 0 saturated heterocycles. The Balaban J connectivity index is 4.19. The largest absolute Gasteiger partial charge is 0.480 e. The van der Waals surface area contributed by atoms with Crippen molar-refractivity contribution in [3.63, 3.8) is 0 Å². The zero-order valence-corrected chi connectivity index (χ0v) is 10.7. The molecule has 0 rings (SSSR count). The maximum Gasteiger partial charge on any atom is 0.326 e. The van der Waals surface area contributed by atoms with Gasteiger partial charge in [0.05, 0.1) is 0 Å². The number of carboxylic acid groups (broad SMARTS) is 1. The molecule has 0 aromatic rings. The van der Waals surface area contributed by atoms with Crippen molar-refractivity contribution in [3.05, 3.63) is 0 Å². The Morgan fingerprint density at radius 1 is 1.33 bits per heavy atom. The Hall–Kier alpha value is -1.63. The number of carboxylic acids is 1. The molecule has 0 bridgehead atoms. The van der Waals surface area contributed by atoms with Crippen LogP contribution in [0, 0.1) is 0 Å². The zero-order valence-electron chi connectivity index (χ0n) is 10.7. The van der Waals surface area contributed by atoms with Crippen molar-refractivity contribution in [3.8, 4) is 0 Å². The van der Waals surface area contributed by atoms with Crippen molar-refractivity contribution >= 4 is 17.8 Å². The summed E-state index contributed by atoms with van der Waals surface area (Å²) in [6, 6.07) is -1.10. The Labute approximate surface area is 106 Å². The number of rotatable bonds is 9. The lowest BCUT2D eigenvalue weighted by Gasteiger charge is -2.16. The van der Waals surface area contributed by atoms with E-state index in [1.807, 2.05) is 13.8 Å². The molecule has 7 nitrogen and oxygen atoms in total. The van der Waals surface area contributed by atoms with Crippen LogP contribution in [-0.4, -0.2) is 41.5 Å². The minimum atomic E-state index is -1.17. The summed E-state index contributed by atoms with van der Waals surface area (Å²) in [6.07, 6.45) is 0.125. The van der Waals surface area contributed by atoms with Crippen LogP contribution in [0.2, 0.25) is 0 Å². The number of aliphatic carboxylic acids is 1. The van der Waals surface area contributed by atoms with E-state index < -0.39 is 17.9 Å². The van der Waals surface area contributed by atoms with Gasteiger partial charge in [-0.15, -0.1) is 0 Å². The maximum absolute atomic E-state index is 11.6. The highest BCUT2D eigenvalue weighted by molar-refractivity contribution is 5.84. The summed E-state index contributed by atoms with van der Waals surface area (Å²) in [5.41, 5.74) is 4.94. The van der Waals surface area contributed by atoms with Crippen LogP contribution in [0.4, 0.5) is 0 Å². The molecule has 2 unspecified atom stereocenters. The van der Waals surface area contributed by atoms with E-state index in [-0.39, 0.29) is 31.2 Å². The number of amides is 2. The summed E-state index contributed by atoms with van der Waals surface area (Å²) < 4.78 is 0. The number of nitrogens with two attached hydrogens (primary N) is 1. The molecule has 0 aromatic heterocycles. The van der Waals surface area contributed by atoms with Gasteiger partial charge in [-0.2, -0.15) is 0 Å². The van der Waals surface area contributed by atoms with E-state index in [4.69, 9.17) is 10.8 Å². The third kappa shape index (κ3) is 7.61. The first kappa shape index (κ1) is 16.4. The van der Waals surface area contributed by atoms with Crippen LogP contribution in [0.3, 0.4) is 0 Å². The first-order valence-electron chi connectivity index (χ1n) is 5.90. The fourth-order valence-corrected chi connectivity index (χ4v) is 1.50. The second-order valence-electron chi connectivity index (χ2n) is 4.13. The molecule has 0 aliphatic carbocycles. The van der Waals surface area contributed by atoms with Gasteiger partial charge in [0.25, 0.3) is 0 Å². The van der Waals surface area contributed by atoms with Crippen molar-refractivity contribution < 1.29 is 19.5 Å². The Morgan fingerprint density at radius 3 is 2.39 bits per heavy atom. The molecule has 0 saturated carbocycles. The quantitative estimate of drug-likeness (QED) is 0.432. The smallest absolute Gasteiger partial charge is 0.326 e. The summed E-state index contributed by atoms with van der Waals surface area (Å²) in [5.74, 6) is -2.11. The molecular weight excluding hydrogens is 238 g/mol. The lowest BCUT2D eigenvalue weighted by atomic mass is 10.1. The van der Waals surface area contributed by atoms with Crippen molar-refractivity contribution in [2.24, 2.45) is 5.73 Å². The first-order chi connectivity index (χ1) is 8.36. The van der Waals surface area contributed by atoms with Crippen molar-refractivity contribution in [1.82, 2.24) is 10.6 Å². The molecule has 0 heterocycles. The van der Waals surface area contributed by atoms with E-state index in [0.717, 1.165) is 6.54 Å². The van der Waals surface area contributed by atoms with Crippen LogP contribution in [0.25, 0.3) is 0 Å². The van der Waals surface area contributed by atoms with Crippen LogP contribution in [0.5, 0.6) is 0 Å².